The minimum Gasteiger partial charge on any atom is -0.473 e. The topological polar surface area (TPSA) is 74.3 Å². The molecule has 0 bridgehead atoms. The molecule has 0 radical (unpaired) electrons. The summed E-state index contributed by atoms with van der Waals surface area (Å²) in [7, 11) is 3.40. The maximum Gasteiger partial charge on any atom is 0.393 e. The average molecular weight is 608 g/mol. The summed E-state index contributed by atoms with van der Waals surface area (Å²) in [5.41, 5.74) is 1.94. The Morgan fingerprint density at radius 3 is 2.57 bits per heavy atom. The summed E-state index contributed by atoms with van der Waals surface area (Å²) in [6, 6.07) is 16.4. The molecule has 1 fully saturated rings. The Balaban J connectivity index is 1.45. The number of alkyl halides is 3. The SMILES string of the molecule is CN(C)C(=O)C=CCN1CCC[C@@H](Oc2ccc(/C(=C(/CC(F)(F)F)c3ccccc3)c3ccc4n[nH]c(F)c4c3)cn2)C1. The van der Waals surface area contributed by atoms with Gasteiger partial charge in [0, 0.05) is 51.1 Å². The van der Waals surface area contributed by atoms with Crippen LogP contribution in [0.2, 0.25) is 0 Å². The Labute approximate surface area is 252 Å². The molecule has 1 saturated heterocycles. The molecule has 1 N–H and O–H groups in total. The minimum atomic E-state index is -4.50. The minimum absolute atomic E-state index is 0.0422. The Morgan fingerprint density at radius 1 is 1.09 bits per heavy atom. The molecule has 0 saturated carbocycles. The van der Waals surface area contributed by atoms with Crippen molar-refractivity contribution in [1.29, 1.82) is 0 Å². The number of likely N-dealkylation sites (N-methyl/N-ethyl adjacent to an activating group) is 1. The Hall–Kier alpha value is -4.51. The van der Waals surface area contributed by atoms with E-state index >= 15 is 0 Å². The van der Waals surface area contributed by atoms with Crippen LogP contribution in [0.4, 0.5) is 17.6 Å². The van der Waals surface area contributed by atoms with E-state index in [4.69, 9.17) is 4.74 Å². The lowest BCUT2D eigenvalue weighted by molar-refractivity contribution is -0.124. The highest BCUT2D eigenvalue weighted by Gasteiger charge is 2.32. The number of rotatable bonds is 9. The number of amides is 1. The number of carbonyl (C=O) groups is 1. The van der Waals surface area contributed by atoms with Crippen molar-refractivity contribution in [2.75, 3.05) is 33.7 Å². The quantitative estimate of drug-likeness (QED) is 0.134. The van der Waals surface area contributed by atoms with E-state index in [1.165, 1.54) is 17.2 Å². The zero-order valence-corrected chi connectivity index (χ0v) is 24.4. The molecule has 0 aliphatic carbocycles. The normalized spacial score (nSPS) is 16.7. The van der Waals surface area contributed by atoms with Crippen LogP contribution < -0.4 is 4.74 Å². The van der Waals surface area contributed by atoms with Gasteiger partial charge in [0.2, 0.25) is 17.7 Å². The summed E-state index contributed by atoms with van der Waals surface area (Å²) in [6.45, 7) is 2.14. The maximum atomic E-state index is 14.5. The molecule has 0 spiro atoms. The van der Waals surface area contributed by atoms with Crippen molar-refractivity contribution in [3.63, 3.8) is 0 Å². The number of allylic oxidation sites excluding steroid dienone is 1. The summed E-state index contributed by atoms with van der Waals surface area (Å²) in [6.07, 6.45) is 0.799. The van der Waals surface area contributed by atoms with Crippen molar-refractivity contribution in [3.8, 4) is 5.88 Å². The number of fused-ring (bicyclic) bond motifs is 1. The fraction of sp³-hybridized carbons (Fsp3) is 0.303. The number of nitrogens with zero attached hydrogens (tertiary/aromatic N) is 4. The molecule has 1 atom stereocenters. The molecule has 11 heteroatoms. The molecule has 2 aromatic carbocycles. The third-order valence-electron chi connectivity index (χ3n) is 7.44. The molecule has 230 valence electrons. The Kier molecular flexibility index (Phi) is 9.43. The van der Waals surface area contributed by atoms with Crippen LogP contribution in [0.3, 0.4) is 0 Å². The lowest BCUT2D eigenvalue weighted by Gasteiger charge is -2.31. The summed E-state index contributed by atoms with van der Waals surface area (Å²) in [4.78, 5) is 20.0. The van der Waals surface area contributed by atoms with E-state index < -0.39 is 18.5 Å². The van der Waals surface area contributed by atoms with Crippen molar-refractivity contribution in [2.45, 2.75) is 31.5 Å². The van der Waals surface area contributed by atoms with E-state index in [9.17, 15) is 22.4 Å². The molecular formula is C33H33F4N5O2. The fourth-order valence-corrected chi connectivity index (χ4v) is 5.32. The number of hydrogen-bond donors (Lipinski definition) is 1. The van der Waals surface area contributed by atoms with Crippen LogP contribution in [-0.4, -0.2) is 76.9 Å². The summed E-state index contributed by atoms with van der Waals surface area (Å²) in [5, 5.41) is 6.37. The number of carbonyl (C=O) groups excluding carboxylic acids is 1. The molecule has 44 heavy (non-hydrogen) atoms. The predicted molar refractivity (Wildman–Crippen MR) is 161 cm³/mol. The first-order valence-corrected chi connectivity index (χ1v) is 14.3. The summed E-state index contributed by atoms with van der Waals surface area (Å²) in [5.74, 6) is -0.388. The molecular weight excluding hydrogens is 574 g/mol. The molecule has 1 aliphatic rings. The number of likely N-dealkylation sites (tertiary alicyclic amines) is 1. The largest absolute Gasteiger partial charge is 0.473 e. The number of ether oxygens (including phenoxy) is 1. The van der Waals surface area contributed by atoms with Crippen LogP contribution in [0.5, 0.6) is 5.88 Å². The monoisotopic (exact) mass is 607 g/mol. The van der Waals surface area contributed by atoms with E-state index in [0.29, 0.717) is 41.2 Å². The van der Waals surface area contributed by atoms with Crippen LogP contribution in [0.25, 0.3) is 22.0 Å². The molecule has 0 unspecified atom stereocenters. The maximum absolute atomic E-state index is 14.5. The van der Waals surface area contributed by atoms with Gasteiger partial charge in [-0.1, -0.05) is 42.5 Å². The number of aromatic nitrogens is 3. The molecule has 4 aromatic rings. The fourth-order valence-electron chi connectivity index (χ4n) is 5.32. The highest BCUT2D eigenvalue weighted by molar-refractivity contribution is 6.00. The van der Waals surface area contributed by atoms with Crippen LogP contribution in [0.1, 0.15) is 36.0 Å². The van der Waals surface area contributed by atoms with E-state index in [0.717, 1.165) is 19.4 Å². The van der Waals surface area contributed by atoms with Crippen molar-refractivity contribution < 1.29 is 27.1 Å². The number of hydrogen-bond acceptors (Lipinski definition) is 5. The first-order chi connectivity index (χ1) is 21.1. The van der Waals surface area contributed by atoms with Crippen molar-refractivity contribution in [2.24, 2.45) is 0 Å². The zero-order chi connectivity index (χ0) is 31.3. The number of H-pyrrole nitrogens is 1. The smallest absolute Gasteiger partial charge is 0.393 e. The van der Waals surface area contributed by atoms with Gasteiger partial charge in [-0.2, -0.15) is 22.7 Å². The van der Waals surface area contributed by atoms with Gasteiger partial charge in [-0.15, -0.1) is 0 Å². The van der Waals surface area contributed by atoms with Crippen molar-refractivity contribution in [1.82, 2.24) is 25.0 Å². The zero-order valence-electron chi connectivity index (χ0n) is 24.4. The molecule has 3 heterocycles. The lowest BCUT2D eigenvalue weighted by Crippen LogP contribution is -2.41. The first kappa shape index (κ1) is 30.9. The van der Waals surface area contributed by atoms with Crippen LogP contribution in [0, 0.1) is 5.95 Å². The van der Waals surface area contributed by atoms with Gasteiger partial charge in [0.15, 0.2) is 0 Å². The lowest BCUT2D eigenvalue weighted by atomic mass is 9.88. The second-order valence-electron chi connectivity index (χ2n) is 10.9. The van der Waals surface area contributed by atoms with Gasteiger partial charge < -0.3 is 9.64 Å². The third-order valence-corrected chi connectivity index (χ3v) is 7.44. The number of benzene rings is 2. The van der Waals surface area contributed by atoms with Crippen LogP contribution in [-0.2, 0) is 4.79 Å². The van der Waals surface area contributed by atoms with E-state index in [-0.39, 0.29) is 28.5 Å². The number of halogens is 4. The van der Waals surface area contributed by atoms with Crippen molar-refractivity contribution in [3.05, 3.63) is 102 Å². The number of aromatic amines is 1. The first-order valence-electron chi connectivity index (χ1n) is 14.3. The van der Waals surface area contributed by atoms with Crippen molar-refractivity contribution >= 4 is 28.0 Å². The molecule has 2 aromatic heterocycles. The highest BCUT2D eigenvalue weighted by atomic mass is 19.4. The third kappa shape index (κ3) is 7.71. The number of piperidine rings is 1. The summed E-state index contributed by atoms with van der Waals surface area (Å²) >= 11 is 0. The molecule has 1 aliphatic heterocycles. The van der Waals surface area contributed by atoms with E-state index in [1.54, 1.807) is 74.8 Å². The predicted octanol–water partition coefficient (Wildman–Crippen LogP) is 6.50. The van der Waals surface area contributed by atoms with Gasteiger partial charge in [-0.3, -0.25) is 14.8 Å². The van der Waals surface area contributed by atoms with Gasteiger partial charge in [0.25, 0.3) is 0 Å². The average Bonchev–Trinajstić information content (AvgIpc) is 3.37. The second-order valence-corrected chi connectivity index (χ2v) is 10.9. The van der Waals surface area contributed by atoms with E-state index in [1.807, 2.05) is 6.08 Å². The van der Waals surface area contributed by atoms with Gasteiger partial charge in [-0.25, -0.2) is 4.98 Å². The standard InChI is InChI=1S/C33H33F4N5O2/c1-41(2)30(43)11-7-17-42-16-6-10-25(21-42)44-29-15-13-24(20-38-29)31(23-12-14-28-26(18-23)32(34)40-39-28)27(19-33(35,36)37)22-8-4-3-5-9-22/h3-5,7-9,11-15,18,20,25H,6,10,16-17,19,21H2,1-2H3,(H,39,40)/b11-7?,31-27-/t25-/m1/s1. The molecule has 1 amide bonds. The van der Waals surface area contributed by atoms with Crippen LogP contribution >= 0.6 is 0 Å². The Bertz CT molecular complexity index is 1650. The highest BCUT2D eigenvalue weighted by Crippen LogP contribution is 2.40. The van der Waals surface area contributed by atoms with Gasteiger partial charge >= 0.3 is 6.18 Å². The van der Waals surface area contributed by atoms with E-state index in [2.05, 4.69) is 20.1 Å². The number of pyridine rings is 1. The number of nitrogens with one attached hydrogen (secondary N) is 1. The molecule has 5 rings (SSSR count). The second kappa shape index (κ2) is 13.4. The summed E-state index contributed by atoms with van der Waals surface area (Å²) < 4.78 is 62.6. The molecule has 7 nitrogen and oxygen atoms in total. The van der Waals surface area contributed by atoms with Gasteiger partial charge in [0.1, 0.15) is 6.10 Å². The Morgan fingerprint density at radius 2 is 1.86 bits per heavy atom. The van der Waals surface area contributed by atoms with Crippen LogP contribution in [0.15, 0.2) is 79.0 Å². The van der Waals surface area contributed by atoms with Gasteiger partial charge in [-0.05, 0) is 59.9 Å². The van der Waals surface area contributed by atoms with Gasteiger partial charge in [0.05, 0.1) is 17.3 Å².